The molecule has 1 saturated heterocycles. The standard InChI is InChI=1S/C13H18N2O3/c16-12-8-15(9-12)7-11-3-1-10(2-4-11)5-6-14-13(17)18/h1-4,12,14,16H,5-9H2,(H,17,18). The number of amides is 1. The first-order chi connectivity index (χ1) is 8.63. The number of aliphatic hydroxyl groups is 1. The normalized spacial score (nSPS) is 16.3. The minimum atomic E-state index is -0.983. The summed E-state index contributed by atoms with van der Waals surface area (Å²) in [5.74, 6) is 0. The van der Waals surface area contributed by atoms with Gasteiger partial charge in [-0.05, 0) is 17.5 Å². The molecule has 1 aliphatic rings. The summed E-state index contributed by atoms with van der Waals surface area (Å²) in [6, 6.07) is 8.16. The van der Waals surface area contributed by atoms with Gasteiger partial charge in [-0.25, -0.2) is 4.79 Å². The lowest BCUT2D eigenvalue weighted by Crippen LogP contribution is -2.49. The van der Waals surface area contributed by atoms with E-state index >= 15 is 0 Å². The molecule has 1 amide bonds. The summed E-state index contributed by atoms with van der Waals surface area (Å²) in [6.45, 7) is 2.81. The lowest BCUT2D eigenvalue weighted by Gasteiger charge is -2.35. The maximum absolute atomic E-state index is 10.3. The Balaban J connectivity index is 1.76. The lowest BCUT2D eigenvalue weighted by atomic mass is 10.1. The van der Waals surface area contributed by atoms with Crippen molar-refractivity contribution in [1.82, 2.24) is 10.2 Å². The SMILES string of the molecule is O=C(O)NCCc1ccc(CN2CC(O)C2)cc1. The molecule has 0 aliphatic carbocycles. The van der Waals surface area contributed by atoms with E-state index in [9.17, 15) is 9.90 Å². The van der Waals surface area contributed by atoms with Crippen LogP contribution in [0.5, 0.6) is 0 Å². The van der Waals surface area contributed by atoms with Crippen LogP contribution in [0.1, 0.15) is 11.1 Å². The first-order valence-corrected chi connectivity index (χ1v) is 6.08. The Morgan fingerprint density at radius 1 is 1.28 bits per heavy atom. The number of rotatable bonds is 5. The van der Waals surface area contributed by atoms with Crippen molar-refractivity contribution < 1.29 is 15.0 Å². The second kappa shape index (κ2) is 5.84. The molecule has 5 nitrogen and oxygen atoms in total. The predicted molar refractivity (Wildman–Crippen MR) is 67.5 cm³/mol. The fraction of sp³-hybridized carbons (Fsp3) is 0.462. The van der Waals surface area contributed by atoms with Crippen LogP contribution in [-0.2, 0) is 13.0 Å². The number of hydrogen-bond acceptors (Lipinski definition) is 3. The summed E-state index contributed by atoms with van der Waals surface area (Å²) >= 11 is 0. The molecule has 98 valence electrons. The van der Waals surface area contributed by atoms with Crippen LogP contribution in [0, 0.1) is 0 Å². The third-order valence-electron chi connectivity index (χ3n) is 3.06. The van der Waals surface area contributed by atoms with Gasteiger partial charge in [-0.2, -0.15) is 0 Å². The van der Waals surface area contributed by atoms with Crippen LogP contribution in [0.4, 0.5) is 4.79 Å². The second-order valence-electron chi connectivity index (χ2n) is 4.65. The molecule has 0 saturated carbocycles. The number of nitrogens with zero attached hydrogens (tertiary/aromatic N) is 1. The van der Waals surface area contributed by atoms with Crippen LogP contribution in [0.3, 0.4) is 0 Å². The number of benzene rings is 1. The summed E-state index contributed by atoms with van der Waals surface area (Å²) < 4.78 is 0. The van der Waals surface area contributed by atoms with Crippen molar-refractivity contribution in [2.24, 2.45) is 0 Å². The molecule has 1 fully saturated rings. The molecule has 1 heterocycles. The number of β-amino-alcohol motifs (C(OH)–C–C–N with tert-alkyl or cyclic N) is 1. The average molecular weight is 250 g/mol. The molecule has 0 bridgehead atoms. The van der Waals surface area contributed by atoms with E-state index in [0.29, 0.717) is 13.0 Å². The van der Waals surface area contributed by atoms with Gasteiger partial charge in [-0.3, -0.25) is 4.90 Å². The summed E-state index contributed by atoms with van der Waals surface area (Å²) in [5, 5.41) is 20.0. The van der Waals surface area contributed by atoms with E-state index in [2.05, 4.69) is 22.3 Å². The monoisotopic (exact) mass is 250 g/mol. The maximum Gasteiger partial charge on any atom is 0.404 e. The Labute approximate surface area is 106 Å². The van der Waals surface area contributed by atoms with E-state index < -0.39 is 6.09 Å². The van der Waals surface area contributed by atoms with Crippen molar-refractivity contribution >= 4 is 6.09 Å². The van der Waals surface area contributed by atoms with Gasteiger partial charge in [0.15, 0.2) is 0 Å². The fourth-order valence-corrected chi connectivity index (χ4v) is 2.06. The number of hydrogen-bond donors (Lipinski definition) is 3. The van der Waals surface area contributed by atoms with Gasteiger partial charge in [-0.15, -0.1) is 0 Å². The van der Waals surface area contributed by atoms with E-state index in [1.54, 1.807) is 0 Å². The van der Waals surface area contributed by atoms with Crippen molar-refractivity contribution in [2.45, 2.75) is 19.1 Å². The van der Waals surface area contributed by atoms with Crippen LogP contribution in [0.25, 0.3) is 0 Å². The number of carboxylic acid groups (broad SMARTS) is 1. The van der Waals surface area contributed by atoms with Gasteiger partial charge in [0.2, 0.25) is 0 Å². The van der Waals surface area contributed by atoms with Crippen LogP contribution in [0.2, 0.25) is 0 Å². The van der Waals surface area contributed by atoms with Crippen molar-refractivity contribution in [3.63, 3.8) is 0 Å². The molecule has 1 aromatic carbocycles. The van der Waals surface area contributed by atoms with Crippen LogP contribution >= 0.6 is 0 Å². The molecule has 0 unspecified atom stereocenters. The van der Waals surface area contributed by atoms with Gasteiger partial charge < -0.3 is 15.5 Å². The number of carbonyl (C=O) groups is 1. The minimum Gasteiger partial charge on any atom is -0.465 e. The second-order valence-corrected chi connectivity index (χ2v) is 4.65. The topological polar surface area (TPSA) is 72.8 Å². The van der Waals surface area contributed by atoms with Crippen LogP contribution in [0.15, 0.2) is 24.3 Å². The Morgan fingerprint density at radius 3 is 2.44 bits per heavy atom. The zero-order valence-electron chi connectivity index (χ0n) is 10.2. The molecular formula is C13H18N2O3. The third kappa shape index (κ3) is 3.72. The number of likely N-dealkylation sites (tertiary alicyclic amines) is 1. The quantitative estimate of drug-likeness (QED) is 0.718. The van der Waals surface area contributed by atoms with Gasteiger partial charge in [-0.1, -0.05) is 24.3 Å². The molecule has 0 spiro atoms. The number of nitrogens with one attached hydrogen (secondary N) is 1. The highest BCUT2D eigenvalue weighted by Crippen LogP contribution is 2.13. The molecule has 1 aliphatic heterocycles. The Morgan fingerprint density at radius 2 is 1.89 bits per heavy atom. The van der Waals surface area contributed by atoms with E-state index in [4.69, 9.17) is 5.11 Å². The zero-order chi connectivity index (χ0) is 13.0. The zero-order valence-corrected chi connectivity index (χ0v) is 10.2. The van der Waals surface area contributed by atoms with Crippen LogP contribution in [-0.4, -0.2) is 46.9 Å². The van der Waals surface area contributed by atoms with Crippen LogP contribution < -0.4 is 5.32 Å². The molecule has 5 heteroatoms. The van der Waals surface area contributed by atoms with Gasteiger partial charge in [0.05, 0.1) is 6.10 Å². The maximum atomic E-state index is 10.3. The molecule has 0 aromatic heterocycles. The van der Waals surface area contributed by atoms with Crippen molar-refractivity contribution in [3.8, 4) is 0 Å². The van der Waals surface area contributed by atoms with Crippen molar-refractivity contribution in [3.05, 3.63) is 35.4 Å². The highest BCUT2D eigenvalue weighted by atomic mass is 16.4. The molecule has 1 aromatic rings. The van der Waals surface area contributed by atoms with Gasteiger partial charge in [0.1, 0.15) is 0 Å². The fourth-order valence-electron chi connectivity index (χ4n) is 2.06. The molecule has 2 rings (SSSR count). The molecule has 0 radical (unpaired) electrons. The van der Waals surface area contributed by atoms with Gasteiger partial charge in [0.25, 0.3) is 0 Å². The van der Waals surface area contributed by atoms with E-state index in [1.165, 1.54) is 5.56 Å². The molecule has 0 atom stereocenters. The summed E-state index contributed by atoms with van der Waals surface area (Å²) in [5.41, 5.74) is 2.34. The summed E-state index contributed by atoms with van der Waals surface area (Å²) in [7, 11) is 0. The molecule has 18 heavy (non-hydrogen) atoms. The third-order valence-corrected chi connectivity index (χ3v) is 3.06. The minimum absolute atomic E-state index is 0.161. The largest absolute Gasteiger partial charge is 0.465 e. The average Bonchev–Trinajstić information content (AvgIpc) is 2.29. The lowest BCUT2D eigenvalue weighted by molar-refractivity contribution is -0.00286. The van der Waals surface area contributed by atoms with E-state index in [-0.39, 0.29) is 6.10 Å². The van der Waals surface area contributed by atoms with Crippen molar-refractivity contribution in [1.29, 1.82) is 0 Å². The summed E-state index contributed by atoms with van der Waals surface area (Å²) in [4.78, 5) is 12.5. The highest BCUT2D eigenvalue weighted by Gasteiger charge is 2.23. The Bertz CT molecular complexity index is 399. The molecule has 3 N–H and O–H groups in total. The van der Waals surface area contributed by atoms with Gasteiger partial charge in [0, 0.05) is 26.2 Å². The molecular weight excluding hydrogens is 232 g/mol. The Kier molecular flexibility index (Phi) is 4.17. The van der Waals surface area contributed by atoms with Gasteiger partial charge >= 0.3 is 6.09 Å². The Hall–Kier alpha value is -1.59. The first-order valence-electron chi connectivity index (χ1n) is 6.08. The smallest absolute Gasteiger partial charge is 0.404 e. The first kappa shape index (κ1) is 12.9. The highest BCUT2D eigenvalue weighted by molar-refractivity contribution is 5.64. The predicted octanol–water partition coefficient (Wildman–Crippen LogP) is 0.673. The summed E-state index contributed by atoms with van der Waals surface area (Å²) in [6.07, 6.45) is -0.441. The van der Waals surface area contributed by atoms with E-state index in [0.717, 1.165) is 25.2 Å². The van der Waals surface area contributed by atoms with E-state index in [1.807, 2.05) is 12.1 Å². The number of aliphatic hydroxyl groups excluding tert-OH is 1. The van der Waals surface area contributed by atoms with Crippen molar-refractivity contribution in [2.75, 3.05) is 19.6 Å².